The second-order valence-corrected chi connectivity index (χ2v) is 11.1. The number of benzene rings is 1. The van der Waals surface area contributed by atoms with E-state index < -0.39 is 11.6 Å². The first-order valence-corrected chi connectivity index (χ1v) is 12.7. The topological polar surface area (TPSA) is 97.0 Å². The van der Waals surface area contributed by atoms with Gasteiger partial charge in [-0.25, -0.2) is 4.79 Å². The van der Waals surface area contributed by atoms with Gasteiger partial charge < -0.3 is 20.1 Å². The maximum atomic E-state index is 13.4. The Bertz CT molecular complexity index is 960. The number of imide groups is 1. The standard InChI is InChI=1S/C27H41N3O5/c1-8-34-20-11-10-19(12-21(20)35-9-2)23(17(3)4)28-22(31)15-30-24(32)27(29-25(30)33)14-18(5)13-26(6,7)16-27/h10-12,17-18,23H,8-9,13-16H2,1-7H3,(H,28,31)(H,29,33). The number of carbonyl (C=O) groups is 3. The van der Waals surface area contributed by atoms with Crippen molar-refractivity contribution in [3.05, 3.63) is 23.8 Å². The fraction of sp³-hybridized carbons (Fsp3) is 0.667. The van der Waals surface area contributed by atoms with Gasteiger partial charge in [0.1, 0.15) is 12.1 Å². The van der Waals surface area contributed by atoms with E-state index in [-0.39, 0.29) is 35.7 Å². The smallest absolute Gasteiger partial charge is 0.325 e. The lowest BCUT2D eigenvalue weighted by Crippen LogP contribution is -2.54. The molecule has 3 atom stereocenters. The highest BCUT2D eigenvalue weighted by Gasteiger charge is 2.56. The number of hydrogen-bond donors (Lipinski definition) is 2. The highest BCUT2D eigenvalue weighted by molar-refractivity contribution is 6.09. The first-order valence-electron chi connectivity index (χ1n) is 12.7. The summed E-state index contributed by atoms with van der Waals surface area (Å²) in [6, 6.07) is 4.83. The van der Waals surface area contributed by atoms with Crippen LogP contribution >= 0.6 is 0 Å². The first kappa shape index (κ1) is 26.8. The zero-order valence-corrected chi connectivity index (χ0v) is 22.2. The predicted molar refractivity (Wildman–Crippen MR) is 134 cm³/mol. The summed E-state index contributed by atoms with van der Waals surface area (Å²) in [5.74, 6) is 0.984. The number of amides is 4. The molecule has 0 radical (unpaired) electrons. The number of nitrogens with one attached hydrogen (secondary N) is 2. The second kappa shape index (κ2) is 10.5. The number of hydrogen-bond acceptors (Lipinski definition) is 5. The van der Waals surface area contributed by atoms with E-state index in [0.717, 1.165) is 16.9 Å². The van der Waals surface area contributed by atoms with Crippen LogP contribution in [0.3, 0.4) is 0 Å². The van der Waals surface area contributed by atoms with Gasteiger partial charge in [0.25, 0.3) is 5.91 Å². The Morgan fingerprint density at radius 1 is 1.14 bits per heavy atom. The first-order chi connectivity index (χ1) is 16.4. The lowest BCUT2D eigenvalue weighted by molar-refractivity contribution is -0.137. The van der Waals surface area contributed by atoms with E-state index in [9.17, 15) is 14.4 Å². The van der Waals surface area contributed by atoms with Crippen LogP contribution < -0.4 is 20.1 Å². The van der Waals surface area contributed by atoms with Crippen LogP contribution in [-0.4, -0.2) is 48.0 Å². The molecular weight excluding hydrogens is 446 g/mol. The summed E-state index contributed by atoms with van der Waals surface area (Å²) in [4.78, 5) is 40.4. The number of nitrogens with zero attached hydrogens (tertiary/aromatic N) is 1. The monoisotopic (exact) mass is 487 g/mol. The molecule has 1 heterocycles. The molecule has 194 valence electrons. The van der Waals surface area contributed by atoms with Gasteiger partial charge in [-0.3, -0.25) is 14.5 Å². The molecule has 2 N–H and O–H groups in total. The Labute approximate surface area is 209 Å². The van der Waals surface area contributed by atoms with Crippen molar-refractivity contribution in [1.82, 2.24) is 15.5 Å². The molecule has 0 aromatic heterocycles. The minimum Gasteiger partial charge on any atom is -0.490 e. The molecule has 35 heavy (non-hydrogen) atoms. The Morgan fingerprint density at radius 3 is 2.40 bits per heavy atom. The van der Waals surface area contributed by atoms with Crippen molar-refractivity contribution in [1.29, 1.82) is 0 Å². The van der Waals surface area contributed by atoms with Crippen molar-refractivity contribution in [3.63, 3.8) is 0 Å². The van der Waals surface area contributed by atoms with E-state index in [2.05, 4.69) is 31.4 Å². The van der Waals surface area contributed by atoms with Crippen LogP contribution in [0, 0.1) is 17.3 Å². The van der Waals surface area contributed by atoms with E-state index in [1.807, 2.05) is 45.9 Å². The zero-order valence-electron chi connectivity index (χ0n) is 22.2. The number of rotatable bonds is 9. The lowest BCUT2D eigenvalue weighted by Gasteiger charge is -2.43. The third-order valence-electron chi connectivity index (χ3n) is 6.84. The van der Waals surface area contributed by atoms with Crippen molar-refractivity contribution < 1.29 is 23.9 Å². The van der Waals surface area contributed by atoms with Crippen molar-refractivity contribution in [2.75, 3.05) is 19.8 Å². The molecule has 1 aliphatic carbocycles. The fourth-order valence-corrected chi connectivity index (χ4v) is 5.91. The van der Waals surface area contributed by atoms with Crippen molar-refractivity contribution in [2.24, 2.45) is 17.3 Å². The largest absolute Gasteiger partial charge is 0.490 e. The molecule has 8 heteroatoms. The van der Waals surface area contributed by atoms with Gasteiger partial charge in [-0.2, -0.15) is 0 Å². The van der Waals surface area contributed by atoms with Gasteiger partial charge in [0, 0.05) is 0 Å². The van der Waals surface area contributed by atoms with Gasteiger partial charge in [0.05, 0.1) is 19.3 Å². The van der Waals surface area contributed by atoms with Crippen LogP contribution in [0.5, 0.6) is 11.5 Å². The molecule has 8 nitrogen and oxygen atoms in total. The molecule has 0 bridgehead atoms. The molecule has 3 rings (SSSR count). The number of ether oxygens (including phenoxy) is 2. The summed E-state index contributed by atoms with van der Waals surface area (Å²) in [6.45, 7) is 14.9. The molecule has 1 spiro atoms. The Kier molecular flexibility index (Phi) is 8.02. The molecule has 4 amide bonds. The number of carbonyl (C=O) groups excluding carboxylic acids is 3. The summed E-state index contributed by atoms with van der Waals surface area (Å²) in [5.41, 5.74) is -0.109. The average molecular weight is 488 g/mol. The summed E-state index contributed by atoms with van der Waals surface area (Å²) >= 11 is 0. The highest BCUT2D eigenvalue weighted by atomic mass is 16.5. The maximum Gasteiger partial charge on any atom is 0.325 e. The second-order valence-electron chi connectivity index (χ2n) is 11.1. The van der Waals surface area contributed by atoms with Gasteiger partial charge >= 0.3 is 6.03 Å². The zero-order chi connectivity index (χ0) is 26.0. The molecule has 2 aliphatic rings. The van der Waals surface area contributed by atoms with Crippen LogP contribution in [0.1, 0.15) is 79.3 Å². The summed E-state index contributed by atoms with van der Waals surface area (Å²) < 4.78 is 11.4. The van der Waals surface area contributed by atoms with Crippen LogP contribution in [0.2, 0.25) is 0 Å². The highest BCUT2D eigenvalue weighted by Crippen LogP contribution is 2.46. The van der Waals surface area contributed by atoms with Gasteiger partial charge in [0.2, 0.25) is 5.91 Å². The quantitative estimate of drug-likeness (QED) is 0.502. The minimum atomic E-state index is -0.919. The van der Waals surface area contributed by atoms with Crippen LogP contribution in [0.25, 0.3) is 0 Å². The maximum absolute atomic E-state index is 13.4. The molecule has 1 saturated heterocycles. The van der Waals surface area contributed by atoms with Gasteiger partial charge in [-0.15, -0.1) is 0 Å². The average Bonchev–Trinajstić information content (AvgIpc) is 2.95. The molecule has 1 saturated carbocycles. The summed E-state index contributed by atoms with van der Waals surface area (Å²) in [6.07, 6.45) is 2.18. The predicted octanol–water partition coefficient (Wildman–Crippen LogP) is 4.43. The molecule has 1 aromatic rings. The lowest BCUT2D eigenvalue weighted by atomic mass is 9.64. The summed E-state index contributed by atoms with van der Waals surface area (Å²) in [7, 11) is 0. The molecule has 1 aromatic carbocycles. The van der Waals surface area contributed by atoms with E-state index in [1.165, 1.54) is 0 Å². The van der Waals surface area contributed by atoms with Crippen LogP contribution in [0.15, 0.2) is 18.2 Å². The van der Waals surface area contributed by atoms with Gasteiger partial charge in [0.15, 0.2) is 11.5 Å². The van der Waals surface area contributed by atoms with Crippen LogP contribution in [-0.2, 0) is 9.59 Å². The fourth-order valence-electron chi connectivity index (χ4n) is 5.91. The van der Waals surface area contributed by atoms with E-state index in [0.29, 0.717) is 43.5 Å². The SMILES string of the molecule is CCOc1ccc(C(NC(=O)CN2C(=O)NC3(CC(C)CC(C)(C)C3)C2=O)C(C)C)cc1OCC. The molecule has 2 fully saturated rings. The normalized spacial score (nSPS) is 24.5. The van der Waals surface area contributed by atoms with E-state index >= 15 is 0 Å². The Balaban J connectivity index is 1.75. The van der Waals surface area contributed by atoms with E-state index in [4.69, 9.17) is 9.47 Å². The van der Waals surface area contributed by atoms with Crippen molar-refractivity contribution >= 4 is 17.8 Å². The van der Waals surface area contributed by atoms with E-state index in [1.54, 1.807) is 0 Å². The van der Waals surface area contributed by atoms with Crippen molar-refractivity contribution in [3.8, 4) is 11.5 Å². The van der Waals surface area contributed by atoms with Crippen LogP contribution in [0.4, 0.5) is 4.79 Å². The third kappa shape index (κ3) is 5.90. The number of urea groups is 1. The minimum absolute atomic E-state index is 0.0620. The molecule has 1 aliphatic heterocycles. The van der Waals surface area contributed by atoms with Gasteiger partial charge in [-0.05, 0) is 68.1 Å². The Hall–Kier alpha value is -2.77. The summed E-state index contributed by atoms with van der Waals surface area (Å²) in [5, 5.41) is 5.96. The third-order valence-corrected chi connectivity index (χ3v) is 6.84. The van der Waals surface area contributed by atoms with Gasteiger partial charge in [-0.1, -0.05) is 40.7 Å². The molecular formula is C27H41N3O5. The Morgan fingerprint density at radius 2 is 1.80 bits per heavy atom. The molecule has 3 unspecified atom stereocenters. The van der Waals surface area contributed by atoms with Crippen molar-refractivity contribution in [2.45, 2.75) is 79.3 Å².